The Morgan fingerprint density at radius 1 is 0.923 bits per heavy atom. The van der Waals surface area contributed by atoms with Gasteiger partial charge in [-0.3, -0.25) is 15.6 Å². The molecule has 0 atom stereocenters. The molecule has 0 aromatic heterocycles. The molecule has 2 aromatic carbocycles. The second-order valence-electron chi connectivity index (χ2n) is 5.13. The van der Waals surface area contributed by atoms with Crippen molar-refractivity contribution in [2.24, 2.45) is 0 Å². The van der Waals surface area contributed by atoms with Gasteiger partial charge in [0.25, 0.3) is 0 Å². The van der Waals surface area contributed by atoms with Crippen LogP contribution in [0.15, 0.2) is 24.3 Å². The average molecular weight is 420 g/mol. The highest BCUT2D eigenvalue weighted by molar-refractivity contribution is 6.41. The summed E-state index contributed by atoms with van der Waals surface area (Å²) in [4.78, 5) is 12.2. The lowest BCUT2D eigenvalue weighted by molar-refractivity contribution is -0.119. The first kappa shape index (κ1) is 20.3. The molecule has 0 saturated carbocycles. The van der Waals surface area contributed by atoms with Crippen molar-refractivity contribution in [3.63, 3.8) is 0 Å². The van der Waals surface area contributed by atoms with Gasteiger partial charge < -0.3 is 14.2 Å². The molecule has 0 aliphatic heterocycles. The normalized spacial score (nSPS) is 10.2. The van der Waals surface area contributed by atoms with Crippen molar-refractivity contribution in [3.05, 3.63) is 44.9 Å². The number of amides is 1. The summed E-state index contributed by atoms with van der Waals surface area (Å²) in [6, 6.07) is 6.43. The van der Waals surface area contributed by atoms with Crippen LogP contribution in [-0.2, 0) is 11.2 Å². The van der Waals surface area contributed by atoms with Crippen molar-refractivity contribution in [2.75, 3.05) is 26.8 Å². The smallest absolute Gasteiger partial charge is 0.242 e. The van der Waals surface area contributed by atoms with Crippen molar-refractivity contribution < 1.29 is 19.0 Å². The van der Waals surface area contributed by atoms with E-state index in [-0.39, 0.29) is 22.4 Å². The summed E-state index contributed by atoms with van der Waals surface area (Å²) in [5.41, 5.74) is 6.27. The lowest BCUT2D eigenvalue weighted by Gasteiger charge is -2.15. The average Bonchev–Trinajstić information content (AvgIpc) is 2.59. The van der Waals surface area contributed by atoms with Crippen LogP contribution in [0.5, 0.6) is 17.2 Å². The Balaban J connectivity index is 2.11. The first-order chi connectivity index (χ1) is 12.4. The minimum absolute atomic E-state index is 0.0620. The maximum absolute atomic E-state index is 12.2. The monoisotopic (exact) mass is 418 g/mol. The van der Waals surface area contributed by atoms with E-state index in [0.29, 0.717) is 33.5 Å². The van der Waals surface area contributed by atoms with Crippen LogP contribution in [0, 0.1) is 0 Å². The fourth-order valence-electron chi connectivity index (χ4n) is 2.26. The molecule has 0 aliphatic rings. The molecule has 2 N–H and O–H groups in total. The predicted molar refractivity (Wildman–Crippen MR) is 103 cm³/mol. The van der Waals surface area contributed by atoms with Crippen LogP contribution in [0.2, 0.25) is 15.1 Å². The van der Waals surface area contributed by atoms with Gasteiger partial charge in [-0.15, -0.1) is 0 Å². The first-order valence-electron chi connectivity index (χ1n) is 7.37. The van der Waals surface area contributed by atoms with Gasteiger partial charge in [0.05, 0.1) is 43.5 Å². The van der Waals surface area contributed by atoms with E-state index < -0.39 is 0 Å². The molecule has 26 heavy (non-hydrogen) atoms. The summed E-state index contributed by atoms with van der Waals surface area (Å²) in [6.45, 7) is 0. The molecule has 2 aromatic rings. The van der Waals surface area contributed by atoms with Gasteiger partial charge in [-0.25, -0.2) is 0 Å². The van der Waals surface area contributed by atoms with Gasteiger partial charge in [0.1, 0.15) is 0 Å². The highest BCUT2D eigenvalue weighted by Crippen LogP contribution is 2.38. The quantitative estimate of drug-likeness (QED) is 0.653. The molecule has 0 unspecified atom stereocenters. The number of hydrogen-bond donors (Lipinski definition) is 2. The first-order valence-corrected chi connectivity index (χ1v) is 8.51. The van der Waals surface area contributed by atoms with Crippen molar-refractivity contribution in [1.29, 1.82) is 0 Å². The molecular formula is C17H17Cl3N2O4. The Hall–Kier alpha value is -2.02. The summed E-state index contributed by atoms with van der Waals surface area (Å²) in [5.74, 6) is 1.07. The van der Waals surface area contributed by atoms with Gasteiger partial charge in [-0.05, 0) is 29.8 Å². The van der Waals surface area contributed by atoms with Gasteiger partial charge in [-0.2, -0.15) is 0 Å². The van der Waals surface area contributed by atoms with Crippen LogP contribution in [0.25, 0.3) is 0 Å². The number of methoxy groups -OCH3 is 3. The largest absolute Gasteiger partial charge is 0.493 e. The van der Waals surface area contributed by atoms with E-state index in [1.807, 2.05) is 0 Å². The number of halogens is 3. The zero-order valence-corrected chi connectivity index (χ0v) is 16.6. The number of ether oxygens (including phenoxy) is 3. The minimum atomic E-state index is -0.318. The van der Waals surface area contributed by atoms with E-state index >= 15 is 0 Å². The van der Waals surface area contributed by atoms with Crippen LogP contribution in [-0.4, -0.2) is 27.2 Å². The third-order valence-corrected chi connectivity index (χ3v) is 4.24. The summed E-state index contributed by atoms with van der Waals surface area (Å²) < 4.78 is 15.8. The van der Waals surface area contributed by atoms with Crippen molar-refractivity contribution in [1.82, 2.24) is 5.43 Å². The molecule has 140 valence electrons. The summed E-state index contributed by atoms with van der Waals surface area (Å²) in [5, 5.41) is 0.973. The van der Waals surface area contributed by atoms with Gasteiger partial charge in [0, 0.05) is 5.02 Å². The lowest BCUT2D eigenvalue weighted by Crippen LogP contribution is -2.31. The van der Waals surface area contributed by atoms with Crippen LogP contribution in [0.4, 0.5) is 5.69 Å². The Morgan fingerprint density at radius 2 is 1.46 bits per heavy atom. The molecule has 1 amide bonds. The molecule has 0 fully saturated rings. The second kappa shape index (κ2) is 9.07. The van der Waals surface area contributed by atoms with E-state index in [2.05, 4.69) is 10.9 Å². The number of rotatable bonds is 7. The zero-order valence-electron chi connectivity index (χ0n) is 14.3. The Kier molecular flexibility index (Phi) is 7.08. The van der Waals surface area contributed by atoms with Crippen LogP contribution >= 0.6 is 34.8 Å². The predicted octanol–water partition coefficient (Wildman–Crippen LogP) is 4.36. The van der Waals surface area contributed by atoms with Gasteiger partial charge in [0.15, 0.2) is 11.5 Å². The molecular weight excluding hydrogens is 403 g/mol. The van der Waals surface area contributed by atoms with E-state index in [9.17, 15) is 4.79 Å². The maximum atomic E-state index is 12.2. The maximum Gasteiger partial charge on any atom is 0.242 e. The van der Waals surface area contributed by atoms with Gasteiger partial charge in [-0.1, -0.05) is 34.8 Å². The fourth-order valence-corrected chi connectivity index (χ4v) is 3.17. The minimum Gasteiger partial charge on any atom is -0.493 e. The molecule has 0 saturated heterocycles. The second-order valence-corrected chi connectivity index (χ2v) is 6.38. The molecule has 0 heterocycles. The summed E-state index contributed by atoms with van der Waals surface area (Å²) >= 11 is 18.0. The topological polar surface area (TPSA) is 68.8 Å². The zero-order chi connectivity index (χ0) is 19.3. The number of hydrogen-bond acceptors (Lipinski definition) is 5. The van der Waals surface area contributed by atoms with Crippen LogP contribution < -0.4 is 25.1 Å². The van der Waals surface area contributed by atoms with E-state index in [1.54, 1.807) is 12.1 Å². The van der Waals surface area contributed by atoms with Gasteiger partial charge >= 0.3 is 0 Å². The summed E-state index contributed by atoms with van der Waals surface area (Å²) in [6.07, 6.45) is 0.0620. The van der Waals surface area contributed by atoms with Crippen molar-refractivity contribution in [3.8, 4) is 17.2 Å². The van der Waals surface area contributed by atoms with E-state index in [0.717, 1.165) is 0 Å². The number of carbonyl (C=O) groups is 1. The van der Waals surface area contributed by atoms with Crippen molar-refractivity contribution >= 4 is 46.4 Å². The van der Waals surface area contributed by atoms with Crippen LogP contribution in [0.1, 0.15) is 5.56 Å². The number of anilines is 1. The molecule has 6 nitrogen and oxygen atoms in total. The number of nitrogens with one attached hydrogen (secondary N) is 2. The van der Waals surface area contributed by atoms with Crippen LogP contribution in [0.3, 0.4) is 0 Å². The van der Waals surface area contributed by atoms with E-state index in [1.165, 1.54) is 33.5 Å². The highest BCUT2D eigenvalue weighted by atomic mass is 35.5. The van der Waals surface area contributed by atoms with Crippen molar-refractivity contribution in [2.45, 2.75) is 6.42 Å². The van der Waals surface area contributed by atoms with Gasteiger partial charge in [0.2, 0.25) is 11.7 Å². The molecule has 0 radical (unpaired) electrons. The third-order valence-electron chi connectivity index (χ3n) is 3.42. The number of hydrazine groups is 1. The number of carbonyl (C=O) groups excluding carboxylic acids is 1. The summed E-state index contributed by atoms with van der Waals surface area (Å²) in [7, 11) is 4.52. The molecule has 9 heteroatoms. The Labute approximate surface area is 166 Å². The molecule has 2 rings (SSSR count). The molecule has 0 aliphatic carbocycles. The standard InChI is InChI=1S/C17H17Cl3N2O4/c1-24-13-4-9(5-14(25-2)17(13)26-3)6-15(23)21-22-16-11(19)7-10(18)8-12(16)20/h4-5,7-8,22H,6H2,1-3H3,(H,21,23). The SMILES string of the molecule is COc1cc(CC(=O)NNc2c(Cl)cc(Cl)cc2Cl)cc(OC)c1OC. The highest BCUT2D eigenvalue weighted by Gasteiger charge is 2.15. The third kappa shape index (κ3) is 4.78. The fraction of sp³-hybridized carbons (Fsp3) is 0.235. The van der Waals surface area contributed by atoms with E-state index in [4.69, 9.17) is 49.0 Å². The number of benzene rings is 2. The lowest BCUT2D eigenvalue weighted by atomic mass is 10.1. The molecule has 0 spiro atoms. The Bertz CT molecular complexity index is 767. The Morgan fingerprint density at radius 3 is 1.92 bits per heavy atom. The molecule has 0 bridgehead atoms.